The molecule has 77 valence electrons. The topological polar surface area (TPSA) is 20.3 Å². The highest BCUT2D eigenvalue weighted by Crippen LogP contribution is 2.32. The molecule has 1 radical (unpaired) electrons. The van der Waals surface area contributed by atoms with E-state index in [-0.39, 0.29) is 0 Å². The summed E-state index contributed by atoms with van der Waals surface area (Å²) in [6.07, 6.45) is 7.59. The quantitative estimate of drug-likeness (QED) is 0.619. The third-order valence-corrected chi connectivity index (χ3v) is 2.68. The van der Waals surface area contributed by atoms with Crippen molar-refractivity contribution in [2.24, 2.45) is 5.92 Å². The van der Waals surface area contributed by atoms with Crippen LogP contribution < -0.4 is 0 Å². The molecule has 0 aromatic heterocycles. The van der Waals surface area contributed by atoms with E-state index in [1.54, 1.807) is 4.90 Å². The van der Waals surface area contributed by atoms with Crippen molar-refractivity contribution in [2.45, 2.75) is 25.7 Å². The van der Waals surface area contributed by atoms with E-state index in [2.05, 4.69) is 0 Å². The van der Waals surface area contributed by atoms with Crippen LogP contribution in [0.2, 0.25) is 0 Å². The zero-order valence-electron chi connectivity index (χ0n) is 8.21. The summed E-state index contributed by atoms with van der Waals surface area (Å²) in [6, 6.07) is 0. The highest BCUT2D eigenvalue weighted by Gasteiger charge is 2.25. The fourth-order valence-corrected chi connectivity index (χ4v) is 1.64. The Labute approximate surface area is 83.8 Å². The van der Waals surface area contributed by atoms with Crippen LogP contribution in [0.5, 0.6) is 0 Å². The minimum atomic E-state index is -0.553. The average molecular weight is 196 g/mol. The lowest BCUT2D eigenvalue weighted by Crippen LogP contribution is -2.36. The number of rotatable bonds is 2. The summed E-state index contributed by atoms with van der Waals surface area (Å²) < 4.78 is 13.3. The van der Waals surface area contributed by atoms with E-state index in [0.717, 1.165) is 25.7 Å². The molecule has 2 fully saturated rings. The molecule has 1 aliphatic heterocycles. The fraction of sp³-hybridized carbons (Fsp3) is 0.636. The molecule has 1 saturated carbocycles. The van der Waals surface area contributed by atoms with E-state index in [9.17, 15) is 9.18 Å². The van der Waals surface area contributed by atoms with Crippen molar-refractivity contribution in [3.05, 3.63) is 18.3 Å². The standard InChI is InChI=1S/C11H15FNO/c12-10(8-9-4-5-9)11(14)13-6-2-1-3-7-13/h2,8-9H,1,3-7H2. The summed E-state index contributed by atoms with van der Waals surface area (Å²) in [5, 5.41) is 0. The highest BCUT2D eigenvalue weighted by molar-refractivity contribution is 5.91. The van der Waals surface area contributed by atoms with Gasteiger partial charge in [-0.3, -0.25) is 4.79 Å². The molecule has 1 amide bonds. The molecular formula is C11H15FNO. The van der Waals surface area contributed by atoms with Crippen LogP contribution in [-0.4, -0.2) is 23.9 Å². The zero-order valence-corrected chi connectivity index (χ0v) is 8.21. The second-order valence-electron chi connectivity index (χ2n) is 4.03. The predicted molar refractivity (Wildman–Crippen MR) is 52.0 cm³/mol. The van der Waals surface area contributed by atoms with E-state index in [0.29, 0.717) is 19.0 Å². The Hall–Kier alpha value is -0.860. The van der Waals surface area contributed by atoms with E-state index in [1.807, 2.05) is 6.42 Å². The lowest BCUT2D eigenvalue weighted by Gasteiger charge is -2.25. The number of amides is 1. The molecule has 0 aromatic carbocycles. The Morgan fingerprint density at radius 3 is 2.86 bits per heavy atom. The number of allylic oxidation sites excluding steroid dienone is 1. The molecule has 1 saturated heterocycles. The van der Waals surface area contributed by atoms with Gasteiger partial charge < -0.3 is 4.90 Å². The molecule has 0 N–H and O–H groups in total. The molecule has 14 heavy (non-hydrogen) atoms. The van der Waals surface area contributed by atoms with Crippen LogP contribution in [0.1, 0.15) is 25.7 Å². The normalized spacial score (nSPS) is 23.8. The van der Waals surface area contributed by atoms with E-state index in [4.69, 9.17) is 0 Å². The van der Waals surface area contributed by atoms with Crippen molar-refractivity contribution in [1.82, 2.24) is 4.90 Å². The molecule has 0 aromatic rings. The van der Waals surface area contributed by atoms with E-state index in [1.165, 1.54) is 6.08 Å². The van der Waals surface area contributed by atoms with Gasteiger partial charge in [-0.2, -0.15) is 0 Å². The van der Waals surface area contributed by atoms with Crippen molar-refractivity contribution < 1.29 is 9.18 Å². The van der Waals surface area contributed by atoms with Crippen molar-refractivity contribution in [3.63, 3.8) is 0 Å². The number of hydrogen-bond acceptors (Lipinski definition) is 1. The summed E-state index contributed by atoms with van der Waals surface area (Å²) in [7, 11) is 0. The van der Waals surface area contributed by atoms with Gasteiger partial charge in [-0.05, 0) is 44.1 Å². The van der Waals surface area contributed by atoms with Crippen molar-refractivity contribution >= 4 is 5.91 Å². The van der Waals surface area contributed by atoms with Gasteiger partial charge in [0.1, 0.15) is 0 Å². The van der Waals surface area contributed by atoms with Gasteiger partial charge in [-0.1, -0.05) is 0 Å². The van der Waals surface area contributed by atoms with Crippen molar-refractivity contribution in [3.8, 4) is 0 Å². The van der Waals surface area contributed by atoms with Crippen LogP contribution in [0.4, 0.5) is 4.39 Å². The lowest BCUT2D eigenvalue weighted by molar-refractivity contribution is -0.128. The zero-order chi connectivity index (χ0) is 9.97. The largest absolute Gasteiger partial charge is 0.336 e. The Morgan fingerprint density at radius 1 is 1.50 bits per heavy atom. The number of piperidine rings is 1. The molecule has 2 rings (SSSR count). The minimum absolute atomic E-state index is 0.327. The highest BCUT2D eigenvalue weighted by atomic mass is 19.1. The van der Waals surface area contributed by atoms with Crippen LogP contribution in [0, 0.1) is 12.3 Å². The van der Waals surface area contributed by atoms with Gasteiger partial charge >= 0.3 is 0 Å². The SMILES string of the molecule is O=C(C(F)=CC1CC1)N1C[CH]CCC1. The van der Waals surface area contributed by atoms with Gasteiger partial charge in [0.05, 0.1) is 0 Å². The number of halogens is 1. The number of likely N-dealkylation sites (tertiary alicyclic amines) is 1. The Morgan fingerprint density at radius 2 is 2.29 bits per heavy atom. The molecule has 3 heteroatoms. The minimum Gasteiger partial charge on any atom is -0.336 e. The second kappa shape index (κ2) is 4.11. The molecule has 1 aliphatic carbocycles. The molecule has 0 spiro atoms. The Bertz CT molecular complexity index is 252. The maximum absolute atomic E-state index is 13.3. The third kappa shape index (κ3) is 2.34. The summed E-state index contributed by atoms with van der Waals surface area (Å²) in [5.74, 6) is -0.650. The number of nitrogens with zero attached hydrogens (tertiary/aromatic N) is 1. The number of carbonyl (C=O) groups is 1. The van der Waals surface area contributed by atoms with Gasteiger partial charge in [0, 0.05) is 13.1 Å². The van der Waals surface area contributed by atoms with E-state index < -0.39 is 11.7 Å². The number of carbonyl (C=O) groups excluding carboxylic acids is 1. The fourth-order valence-electron chi connectivity index (χ4n) is 1.64. The summed E-state index contributed by atoms with van der Waals surface area (Å²) >= 11 is 0. The van der Waals surface area contributed by atoms with Crippen LogP contribution >= 0.6 is 0 Å². The first kappa shape index (κ1) is 9.69. The maximum atomic E-state index is 13.3. The van der Waals surface area contributed by atoms with Crippen LogP contribution in [0.15, 0.2) is 11.9 Å². The predicted octanol–water partition coefficient (Wildman–Crippen LogP) is 2.08. The van der Waals surface area contributed by atoms with Gasteiger partial charge in [0.15, 0.2) is 5.83 Å². The molecule has 1 heterocycles. The molecular weight excluding hydrogens is 181 g/mol. The summed E-state index contributed by atoms with van der Waals surface area (Å²) in [4.78, 5) is 13.1. The van der Waals surface area contributed by atoms with Crippen LogP contribution in [-0.2, 0) is 4.79 Å². The first-order valence-corrected chi connectivity index (χ1v) is 5.25. The molecule has 0 unspecified atom stereocenters. The van der Waals surface area contributed by atoms with Crippen molar-refractivity contribution in [2.75, 3.05) is 13.1 Å². The van der Waals surface area contributed by atoms with Gasteiger partial charge in [0.2, 0.25) is 0 Å². The smallest absolute Gasteiger partial charge is 0.282 e. The molecule has 0 bridgehead atoms. The van der Waals surface area contributed by atoms with Gasteiger partial charge in [-0.15, -0.1) is 0 Å². The maximum Gasteiger partial charge on any atom is 0.282 e. The summed E-state index contributed by atoms with van der Waals surface area (Å²) in [5.41, 5.74) is 0. The first-order valence-electron chi connectivity index (χ1n) is 5.25. The van der Waals surface area contributed by atoms with Gasteiger partial charge in [-0.25, -0.2) is 4.39 Å². The molecule has 0 atom stereocenters. The lowest BCUT2D eigenvalue weighted by atomic mass is 10.1. The Balaban J connectivity index is 1.91. The number of hydrogen-bond donors (Lipinski definition) is 0. The second-order valence-corrected chi connectivity index (χ2v) is 4.03. The summed E-state index contributed by atoms with van der Waals surface area (Å²) in [6.45, 7) is 1.30. The molecule has 2 nitrogen and oxygen atoms in total. The van der Waals surface area contributed by atoms with Crippen LogP contribution in [0.3, 0.4) is 0 Å². The monoisotopic (exact) mass is 196 g/mol. The van der Waals surface area contributed by atoms with Crippen LogP contribution in [0.25, 0.3) is 0 Å². The van der Waals surface area contributed by atoms with Crippen molar-refractivity contribution in [1.29, 1.82) is 0 Å². The average Bonchev–Trinajstić information content (AvgIpc) is 3.02. The van der Waals surface area contributed by atoms with Gasteiger partial charge in [0.25, 0.3) is 5.91 Å². The first-order chi connectivity index (χ1) is 6.77. The molecule has 2 aliphatic rings. The Kier molecular flexibility index (Phi) is 2.85. The van der Waals surface area contributed by atoms with E-state index >= 15 is 0 Å². The third-order valence-electron chi connectivity index (χ3n) is 2.68.